The fraction of sp³-hybridized carbons (Fsp3) is 0.409. The molecule has 7 heteroatoms. The maximum atomic E-state index is 12.3. The smallest absolute Gasteiger partial charge is 0.484 e. The summed E-state index contributed by atoms with van der Waals surface area (Å²) in [6, 6.07) is 15.4. The van der Waals surface area contributed by atoms with Crippen molar-refractivity contribution in [2.45, 2.75) is 52.0 Å². The van der Waals surface area contributed by atoms with Crippen LogP contribution in [-0.2, 0) is 27.4 Å². The first-order valence-corrected chi connectivity index (χ1v) is 9.85. The minimum absolute atomic E-state index is 0.0766. The van der Waals surface area contributed by atoms with Crippen LogP contribution in [0.25, 0.3) is 0 Å². The van der Waals surface area contributed by atoms with Crippen LogP contribution < -0.4 is 15.5 Å². The largest absolute Gasteiger partial charge is 0.495 e. The van der Waals surface area contributed by atoms with Crippen molar-refractivity contribution in [3.63, 3.8) is 0 Å². The number of ether oxygens (including phenoxy) is 2. The third-order valence-electron chi connectivity index (χ3n) is 4.84. The number of carbonyl (C=O) groups excluding carboxylic acids is 1. The molecule has 0 saturated carbocycles. The predicted octanol–water partition coefficient (Wildman–Crippen LogP) is 2.17. The number of fused-ring (bicyclic) bond motifs is 1. The van der Waals surface area contributed by atoms with Gasteiger partial charge in [-0.25, -0.2) is 0 Å². The Bertz CT molecular complexity index is 827. The molecule has 0 saturated heterocycles. The van der Waals surface area contributed by atoms with Crippen molar-refractivity contribution in [1.29, 1.82) is 0 Å². The van der Waals surface area contributed by atoms with Crippen LogP contribution in [0.4, 0.5) is 0 Å². The molecule has 0 aliphatic carbocycles. The van der Waals surface area contributed by atoms with E-state index in [1.807, 2.05) is 63.2 Å². The van der Waals surface area contributed by atoms with E-state index in [0.29, 0.717) is 30.8 Å². The Morgan fingerprint density at radius 2 is 2.00 bits per heavy atom. The van der Waals surface area contributed by atoms with Crippen LogP contribution in [0.1, 0.15) is 38.3 Å². The molecule has 6 nitrogen and oxygen atoms in total. The maximum absolute atomic E-state index is 12.3. The van der Waals surface area contributed by atoms with Gasteiger partial charge in [0, 0.05) is 11.5 Å². The van der Waals surface area contributed by atoms with E-state index in [0.717, 1.165) is 11.1 Å². The van der Waals surface area contributed by atoms with Crippen molar-refractivity contribution in [3.8, 4) is 5.75 Å². The van der Waals surface area contributed by atoms with Crippen molar-refractivity contribution in [3.05, 3.63) is 59.7 Å². The maximum Gasteiger partial charge on any atom is 0.495 e. The Labute approximate surface area is 172 Å². The van der Waals surface area contributed by atoms with E-state index >= 15 is 0 Å². The fourth-order valence-electron chi connectivity index (χ4n) is 3.53. The van der Waals surface area contributed by atoms with Gasteiger partial charge in [0.15, 0.2) is 6.61 Å². The molecular weight excluding hydrogens is 369 g/mol. The SMILES string of the molecule is CC(CC(C)(C)OCc1ccccc1)NC(=O)COc1cccc2c1B(O)OC2. The van der Waals surface area contributed by atoms with Crippen LogP contribution in [0, 0.1) is 0 Å². The second-order valence-corrected chi connectivity index (χ2v) is 7.99. The van der Waals surface area contributed by atoms with E-state index in [-0.39, 0.29) is 24.2 Å². The van der Waals surface area contributed by atoms with Crippen LogP contribution >= 0.6 is 0 Å². The molecule has 1 atom stereocenters. The molecule has 154 valence electrons. The summed E-state index contributed by atoms with van der Waals surface area (Å²) >= 11 is 0. The summed E-state index contributed by atoms with van der Waals surface area (Å²) in [5.74, 6) is 0.254. The number of carbonyl (C=O) groups is 1. The van der Waals surface area contributed by atoms with Crippen molar-refractivity contribution >= 4 is 18.5 Å². The predicted molar refractivity (Wildman–Crippen MR) is 112 cm³/mol. The molecule has 2 aromatic rings. The summed E-state index contributed by atoms with van der Waals surface area (Å²) in [6.45, 7) is 6.73. The first kappa shape index (κ1) is 21.4. The van der Waals surface area contributed by atoms with Gasteiger partial charge >= 0.3 is 7.12 Å². The van der Waals surface area contributed by atoms with Gasteiger partial charge < -0.3 is 24.5 Å². The number of amides is 1. The first-order valence-electron chi connectivity index (χ1n) is 9.85. The number of benzene rings is 2. The molecule has 0 fully saturated rings. The second kappa shape index (κ2) is 9.44. The van der Waals surface area contributed by atoms with E-state index in [4.69, 9.17) is 14.1 Å². The van der Waals surface area contributed by atoms with Crippen molar-refractivity contribution in [1.82, 2.24) is 5.32 Å². The summed E-state index contributed by atoms with van der Waals surface area (Å²) in [7, 11) is -1.01. The lowest BCUT2D eigenvalue weighted by molar-refractivity contribution is -0.124. The van der Waals surface area contributed by atoms with Gasteiger partial charge in [-0.2, -0.15) is 0 Å². The average Bonchev–Trinajstić information content (AvgIpc) is 3.07. The number of nitrogens with one attached hydrogen (secondary N) is 1. The molecule has 3 rings (SSSR count). The Balaban J connectivity index is 1.45. The number of hydrogen-bond donors (Lipinski definition) is 2. The van der Waals surface area contributed by atoms with Crippen molar-refractivity contribution in [2.75, 3.05) is 6.61 Å². The van der Waals surface area contributed by atoms with Crippen molar-refractivity contribution < 1.29 is 23.9 Å². The Morgan fingerprint density at radius 3 is 2.76 bits per heavy atom. The highest BCUT2D eigenvalue weighted by molar-refractivity contribution is 6.62. The van der Waals surface area contributed by atoms with Gasteiger partial charge in [0.1, 0.15) is 5.75 Å². The quantitative estimate of drug-likeness (QED) is 0.635. The number of rotatable bonds is 9. The molecule has 1 aliphatic rings. The molecule has 0 aromatic heterocycles. The van der Waals surface area contributed by atoms with Gasteiger partial charge in [0.05, 0.1) is 18.8 Å². The third kappa shape index (κ3) is 6.06. The summed E-state index contributed by atoms with van der Waals surface area (Å²) < 4.78 is 16.9. The zero-order chi connectivity index (χ0) is 20.9. The molecule has 2 N–H and O–H groups in total. The zero-order valence-corrected chi connectivity index (χ0v) is 17.2. The highest BCUT2D eigenvalue weighted by atomic mass is 16.5. The van der Waals surface area contributed by atoms with Crippen molar-refractivity contribution in [2.24, 2.45) is 0 Å². The van der Waals surface area contributed by atoms with E-state index < -0.39 is 7.12 Å². The average molecular weight is 397 g/mol. The lowest BCUT2D eigenvalue weighted by Crippen LogP contribution is -2.41. The van der Waals surface area contributed by atoms with Gasteiger partial charge in [0.25, 0.3) is 5.91 Å². The van der Waals surface area contributed by atoms with E-state index in [1.165, 1.54) is 0 Å². The van der Waals surface area contributed by atoms with E-state index in [1.54, 1.807) is 6.07 Å². The standard InChI is InChI=1S/C22H28BNO5/c1-16(12-22(2,3)28-13-17-8-5-4-6-9-17)24-20(25)15-27-19-11-7-10-18-14-29-23(26)21(18)19/h4-11,16,26H,12-15H2,1-3H3,(H,24,25). The fourth-order valence-corrected chi connectivity index (χ4v) is 3.53. The summed E-state index contributed by atoms with van der Waals surface area (Å²) in [6.07, 6.45) is 0.666. The van der Waals surface area contributed by atoms with Gasteiger partial charge in [-0.3, -0.25) is 4.79 Å². The van der Waals surface area contributed by atoms with Gasteiger partial charge in [-0.15, -0.1) is 0 Å². The molecule has 1 unspecified atom stereocenters. The molecule has 0 radical (unpaired) electrons. The van der Waals surface area contributed by atoms with Crippen LogP contribution in [0.15, 0.2) is 48.5 Å². The highest BCUT2D eigenvalue weighted by Gasteiger charge is 2.31. The zero-order valence-electron chi connectivity index (χ0n) is 17.2. The minimum atomic E-state index is -1.01. The van der Waals surface area contributed by atoms with E-state index in [2.05, 4.69) is 5.32 Å². The monoisotopic (exact) mass is 397 g/mol. The molecule has 29 heavy (non-hydrogen) atoms. The topological polar surface area (TPSA) is 77.0 Å². The number of hydrogen-bond acceptors (Lipinski definition) is 5. The van der Waals surface area contributed by atoms with Gasteiger partial charge in [-0.05, 0) is 44.4 Å². The molecule has 0 spiro atoms. The first-order chi connectivity index (χ1) is 13.8. The lowest BCUT2D eigenvalue weighted by atomic mass is 9.79. The van der Waals surface area contributed by atoms with Crippen LogP contribution in [0.5, 0.6) is 5.75 Å². The summed E-state index contributed by atoms with van der Waals surface area (Å²) in [4.78, 5) is 12.3. The summed E-state index contributed by atoms with van der Waals surface area (Å²) in [5, 5.41) is 12.9. The lowest BCUT2D eigenvalue weighted by Gasteiger charge is -2.29. The summed E-state index contributed by atoms with van der Waals surface area (Å²) in [5.41, 5.74) is 2.21. The second-order valence-electron chi connectivity index (χ2n) is 7.99. The molecule has 1 amide bonds. The Morgan fingerprint density at radius 1 is 1.24 bits per heavy atom. The molecule has 1 aliphatic heterocycles. The van der Waals surface area contributed by atoms with E-state index in [9.17, 15) is 9.82 Å². The Kier molecular flexibility index (Phi) is 6.95. The van der Waals surface area contributed by atoms with Crippen LogP contribution in [0.2, 0.25) is 0 Å². The van der Waals surface area contributed by atoms with Crippen LogP contribution in [0.3, 0.4) is 0 Å². The molecular formula is C22H28BNO5. The van der Waals surface area contributed by atoms with Gasteiger partial charge in [0.2, 0.25) is 0 Å². The highest BCUT2D eigenvalue weighted by Crippen LogP contribution is 2.20. The molecule has 1 heterocycles. The minimum Gasteiger partial charge on any atom is -0.484 e. The molecule has 2 aromatic carbocycles. The Hall–Kier alpha value is -2.35. The third-order valence-corrected chi connectivity index (χ3v) is 4.84. The van der Waals surface area contributed by atoms with Gasteiger partial charge in [-0.1, -0.05) is 42.5 Å². The molecule has 0 bridgehead atoms. The van der Waals surface area contributed by atoms with Crippen LogP contribution in [-0.4, -0.2) is 36.3 Å². The normalized spacial score (nSPS) is 14.4.